The summed E-state index contributed by atoms with van der Waals surface area (Å²) in [4.78, 5) is 63.8. The van der Waals surface area contributed by atoms with Gasteiger partial charge in [-0.25, -0.2) is 4.98 Å². The summed E-state index contributed by atoms with van der Waals surface area (Å²) in [7, 11) is 7.08. The van der Waals surface area contributed by atoms with Gasteiger partial charge in [0.15, 0.2) is 5.13 Å². The monoisotopic (exact) mass is 682 g/mol. The van der Waals surface area contributed by atoms with Gasteiger partial charge in [-0.2, -0.15) is 11.8 Å². The number of hydrogen-bond donors (Lipinski definition) is 2. The minimum absolute atomic E-state index is 0.0308. The molecule has 0 aliphatic carbocycles. The summed E-state index contributed by atoms with van der Waals surface area (Å²) in [6, 6.07) is -1.55. The number of nitrogens with one attached hydrogen (secondary N) is 2. The lowest BCUT2D eigenvalue weighted by molar-refractivity contribution is -0.146. The Balaban J connectivity index is 2.23. The van der Waals surface area contributed by atoms with Gasteiger partial charge < -0.3 is 25.2 Å². The molecule has 7 unspecified atom stereocenters. The molecule has 0 radical (unpaired) electrons. The van der Waals surface area contributed by atoms with Crippen molar-refractivity contribution in [2.45, 2.75) is 109 Å². The topological polar surface area (TPSA) is 124 Å². The van der Waals surface area contributed by atoms with Gasteiger partial charge in [0.2, 0.25) is 23.6 Å². The van der Waals surface area contributed by atoms with Gasteiger partial charge in [0.25, 0.3) is 0 Å². The van der Waals surface area contributed by atoms with Crippen molar-refractivity contribution in [1.29, 1.82) is 0 Å². The van der Waals surface area contributed by atoms with Crippen molar-refractivity contribution in [3.63, 3.8) is 0 Å². The van der Waals surface area contributed by atoms with Gasteiger partial charge in [-0.3, -0.25) is 24.1 Å². The van der Waals surface area contributed by atoms with Crippen molar-refractivity contribution < 1.29 is 23.9 Å². The Kier molecular flexibility index (Phi) is 16.5. The lowest BCUT2D eigenvalue weighted by Crippen LogP contribution is -2.59. The molecule has 13 heteroatoms. The maximum Gasteiger partial charge on any atom is 0.245 e. The summed E-state index contributed by atoms with van der Waals surface area (Å²) in [5.74, 6) is -0.571. The number of thioether (sulfide) groups is 1. The zero-order chi connectivity index (χ0) is 34.7. The number of anilines is 1. The standard InChI is InChI=1S/C33H58N6O5S2/c1-12-22(6)30(38(9)32(43)28(20(2)3)36-31(42)29(21(4)5)37(7)8)24(44-10)18-27(41)39-16-13-14-23(39)25(45-11)19-26(40)35-33-34-15-17-46-33/h15,17,20-25,28-30H,12-14,16,18-19H2,1-11H3,(H,36,42)(H,34,35,40). The zero-order valence-electron chi connectivity index (χ0n) is 29.7. The highest BCUT2D eigenvalue weighted by molar-refractivity contribution is 7.99. The van der Waals surface area contributed by atoms with Gasteiger partial charge in [0.1, 0.15) is 6.04 Å². The fourth-order valence-corrected chi connectivity index (χ4v) is 8.09. The molecule has 262 valence electrons. The number of methoxy groups -OCH3 is 1. The number of thiazole rings is 1. The highest BCUT2D eigenvalue weighted by Crippen LogP contribution is 2.31. The highest BCUT2D eigenvalue weighted by atomic mass is 32.2. The summed E-state index contributed by atoms with van der Waals surface area (Å²) < 4.78 is 5.99. The lowest BCUT2D eigenvalue weighted by atomic mass is 9.89. The van der Waals surface area contributed by atoms with Crippen LogP contribution in [0.5, 0.6) is 0 Å². The predicted molar refractivity (Wildman–Crippen MR) is 188 cm³/mol. The van der Waals surface area contributed by atoms with Crippen LogP contribution in [0.15, 0.2) is 11.6 Å². The number of carbonyl (C=O) groups is 4. The van der Waals surface area contributed by atoms with E-state index in [0.29, 0.717) is 11.7 Å². The maximum absolute atomic E-state index is 14.1. The molecule has 1 saturated heterocycles. The van der Waals surface area contributed by atoms with E-state index in [0.717, 1.165) is 19.3 Å². The Labute approximate surface area is 284 Å². The van der Waals surface area contributed by atoms with Crippen molar-refractivity contribution in [2.75, 3.05) is 46.4 Å². The predicted octanol–water partition coefficient (Wildman–Crippen LogP) is 4.20. The van der Waals surface area contributed by atoms with Gasteiger partial charge in [-0.05, 0) is 50.9 Å². The van der Waals surface area contributed by atoms with Gasteiger partial charge in [0.05, 0.1) is 24.6 Å². The van der Waals surface area contributed by atoms with E-state index in [1.807, 2.05) is 63.2 Å². The van der Waals surface area contributed by atoms with E-state index >= 15 is 0 Å². The number of carbonyl (C=O) groups excluding carboxylic acids is 4. The third-order valence-corrected chi connectivity index (χ3v) is 11.0. The minimum atomic E-state index is -0.723. The van der Waals surface area contributed by atoms with Crippen LogP contribution in [-0.4, -0.2) is 120 Å². The van der Waals surface area contributed by atoms with Crippen LogP contribution in [0, 0.1) is 17.8 Å². The Morgan fingerprint density at radius 3 is 2.28 bits per heavy atom. The van der Waals surface area contributed by atoms with Crippen molar-refractivity contribution in [3.05, 3.63) is 11.6 Å². The van der Waals surface area contributed by atoms with Crippen LogP contribution in [0.4, 0.5) is 5.13 Å². The molecule has 0 bridgehead atoms. The molecule has 1 aliphatic heterocycles. The molecule has 2 N–H and O–H groups in total. The first-order valence-corrected chi connectivity index (χ1v) is 18.6. The fraction of sp³-hybridized carbons (Fsp3) is 0.788. The Bertz CT molecular complexity index is 1110. The smallest absolute Gasteiger partial charge is 0.245 e. The zero-order valence-corrected chi connectivity index (χ0v) is 31.4. The summed E-state index contributed by atoms with van der Waals surface area (Å²) in [6.45, 7) is 12.6. The summed E-state index contributed by atoms with van der Waals surface area (Å²) in [5, 5.41) is 8.23. The van der Waals surface area contributed by atoms with E-state index in [1.54, 1.807) is 37.0 Å². The first-order valence-electron chi connectivity index (χ1n) is 16.5. The second kappa shape index (κ2) is 18.9. The molecule has 1 aliphatic rings. The number of likely N-dealkylation sites (tertiary alicyclic amines) is 1. The molecule has 2 heterocycles. The van der Waals surface area contributed by atoms with Gasteiger partial charge >= 0.3 is 0 Å². The highest BCUT2D eigenvalue weighted by Gasteiger charge is 2.41. The van der Waals surface area contributed by atoms with E-state index < -0.39 is 12.1 Å². The summed E-state index contributed by atoms with van der Waals surface area (Å²) in [5.41, 5.74) is 0. The van der Waals surface area contributed by atoms with Crippen LogP contribution < -0.4 is 10.6 Å². The molecule has 0 saturated carbocycles. The number of nitrogens with zero attached hydrogens (tertiary/aromatic N) is 4. The maximum atomic E-state index is 14.1. The normalized spacial score (nSPS) is 19.1. The van der Waals surface area contributed by atoms with E-state index in [1.165, 1.54) is 11.3 Å². The molecule has 0 aromatic carbocycles. The Morgan fingerprint density at radius 1 is 1.11 bits per heavy atom. The van der Waals surface area contributed by atoms with E-state index in [4.69, 9.17) is 4.74 Å². The number of ether oxygens (including phenoxy) is 1. The number of amides is 4. The first-order chi connectivity index (χ1) is 21.7. The molecule has 1 aromatic heterocycles. The van der Waals surface area contributed by atoms with Gasteiger partial charge in [-0.1, -0.05) is 48.0 Å². The molecule has 2 rings (SSSR count). The van der Waals surface area contributed by atoms with E-state index in [2.05, 4.69) is 29.5 Å². The minimum Gasteiger partial charge on any atom is -0.379 e. The molecular weight excluding hydrogens is 625 g/mol. The lowest BCUT2D eigenvalue weighted by Gasteiger charge is -2.41. The van der Waals surface area contributed by atoms with Crippen LogP contribution in [-0.2, 0) is 23.9 Å². The third-order valence-electron chi connectivity index (χ3n) is 9.18. The van der Waals surface area contributed by atoms with Crippen LogP contribution in [0.25, 0.3) is 0 Å². The number of rotatable bonds is 18. The first kappa shape index (κ1) is 40.0. The van der Waals surface area contributed by atoms with Crippen LogP contribution in [0.2, 0.25) is 0 Å². The average molecular weight is 683 g/mol. The molecule has 4 amide bonds. The Hall–Kier alpha value is -2.22. The summed E-state index contributed by atoms with van der Waals surface area (Å²) in [6.07, 6.45) is 5.95. The number of hydrogen-bond acceptors (Lipinski definition) is 9. The molecule has 0 spiro atoms. The SMILES string of the molecule is CCC(C)C(C(CC(=O)N1CCCC1C(CC(=O)Nc1nccs1)SC)OC)N(C)C(=O)C(NC(=O)C(C(C)C)N(C)C)C(C)C. The Morgan fingerprint density at radius 2 is 1.78 bits per heavy atom. The molecule has 1 aromatic rings. The second-order valence-corrected chi connectivity index (χ2v) is 15.3. The van der Waals surface area contributed by atoms with Crippen LogP contribution in [0.1, 0.15) is 73.6 Å². The van der Waals surface area contributed by atoms with Gasteiger partial charge in [-0.15, -0.1) is 11.3 Å². The van der Waals surface area contributed by atoms with Gasteiger partial charge in [0, 0.05) is 50.0 Å². The largest absolute Gasteiger partial charge is 0.379 e. The van der Waals surface area contributed by atoms with Crippen LogP contribution in [0.3, 0.4) is 0 Å². The second-order valence-electron chi connectivity index (χ2n) is 13.3. The van der Waals surface area contributed by atoms with Crippen molar-refractivity contribution in [1.82, 2.24) is 25.0 Å². The average Bonchev–Trinajstić information content (AvgIpc) is 3.69. The van der Waals surface area contributed by atoms with Crippen molar-refractivity contribution >= 4 is 51.9 Å². The van der Waals surface area contributed by atoms with Crippen molar-refractivity contribution in [2.24, 2.45) is 17.8 Å². The summed E-state index contributed by atoms with van der Waals surface area (Å²) >= 11 is 2.97. The molecule has 46 heavy (non-hydrogen) atoms. The van der Waals surface area contributed by atoms with Crippen molar-refractivity contribution in [3.8, 4) is 0 Å². The number of likely N-dealkylation sites (N-methyl/N-ethyl adjacent to an activating group) is 2. The van der Waals surface area contributed by atoms with E-state index in [-0.39, 0.29) is 77.6 Å². The molecule has 7 atom stereocenters. The molecular formula is C33H58N6O5S2. The number of aromatic nitrogens is 1. The molecule has 1 fully saturated rings. The fourth-order valence-electron chi connectivity index (χ4n) is 6.63. The quantitative estimate of drug-likeness (QED) is 0.236. The van der Waals surface area contributed by atoms with E-state index in [9.17, 15) is 19.2 Å². The molecule has 11 nitrogen and oxygen atoms in total. The van der Waals surface area contributed by atoms with Crippen LogP contribution >= 0.6 is 23.1 Å². The third kappa shape index (κ3) is 10.6.